The van der Waals surface area contributed by atoms with Crippen LogP contribution in [0.4, 0.5) is 0 Å². The average Bonchev–Trinajstić information content (AvgIpc) is 3.47. The first-order valence-corrected chi connectivity index (χ1v) is 12.3. The van der Waals surface area contributed by atoms with Gasteiger partial charge >= 0.3 is 10.8 Å². The van der Waals surface area contributed by atoms with Crippen LogP contribution >= 0.6 is 23.1 Å². The van der Waals surface area contributed by atoms with E-state index in [1.807, 2.05) is 12.1 Å². The number of hydrogen-bond acceptors (Lipinski definition) is 7. The van der Waals surface area contributed by atoms with E-state index < -0.39 is 23.8 Å². The Kier molecular flexibility index (Phi) is 4.20. The van der Waals surface area contributed by atoms with E-state index in [0.29, 0.717) is 0 Å². The molecule has 10 heteroatoms. The molecule has 8 nitrogen and oxygen atoms in total. The molecule has 2 bridgehead atoms. The third kappa shape index (κ3) is 2.50. The third-order valence-electron chi connectivity index (χ3n) is 7.75. The molecular weight excluding hydrogens is 452 g/mol. The highest BCUT2D eigenvalue weighted by atomic mass is 32.2. The van der Waals surface area contributed by atoms with Gasteiger partial charge in [0.1, 0.15) is 11.8 Å². The number of rotatable bonds is 3. The number of thiazole rings is 1. The van der Waals surface area contributed by atoms with E-state index >= 15 is 0 Å². The van der Waals surface area contributed by atoms with Gasteiger partial charge in [0.25, 0.3) is 0 Å². The minimum atomic E-state index is -1.19. The Labute approximate surface area is 190 Å². The summed E-state index contributed by atoms with van der Waals surface area (Å²) in [6, 6.07) is 5.77. The molecule has 1 aromatic heterocycles. The Balaban J connectivity index is 1.45. The number of carboxylic acid groups (broad SMARTS) is 1. The number of hydrogen-bond donors (Lipinski definition) is 3. The van der Waals surface area contributed by atoms with Crippen molar-refractivity contribution in [2.45, 2.75) is 35.6 Å². The SMILES string of the molecule is CC(C(=O)O)N1C(=O)C2C3CC(C2C1=O)C1C(c2ccc(O)cc2)c2sc(=O)[nH]c2SC31. The maximum absolute atomic E-state index is 13.3. The highest BCUT2D eigenvalue weighted by molar-refractivity contribution is 8.00. The van der Waals surface area contributed by atoms with Crippen LogP contribution in [0.2, 0.25) is 0 Å². The summed E-state index contributed by atoms with van der Waals surface area (Å²) in [4.78, 5) is 54.9. The van der Waals surface area contributed by atoms with Gasteiger partial charge in [-0.25, -0.2) is 4.79 Å². The average molecular weight is 473 g/mol. The summed E-state index contributed by atoms with van der Waals surface area (Å²) in [7, 11) is 0. The van der Waals surface area contributed by atoms with Gasteiger partial charge in [-0.2, -0.15) is 0 Å². The summed E-state index contributed by atoms with van der Waals surface area (Å²) < 4.78 is 0. The number of benzene rings is 1. The Morgan fingerprint density at radius 1 is 1.12 bits per heavy atom. The number of phenols is 1. The Morgan fingerprint density at radius 3 is 2.44 bits per heavy atom. The van der Waals surface area contributed by atoms with Gasteiger partial charge in [-0.15, -0.1) is 11.8 Å². The molecule has 8 unspecified atom stereocenters. The number of aromatic amines is 1. The molecule has 32 heavy (non-hydrogen) atoms. The van der Waals surface area contributed by atoms with Gasteiger partial charge < -0.3 is 15.2 Å². The molecule has 2 aromatic rings. The summed E-state index contributed by atoms with van der Waals surface area (Å²) in [5.41, 5.74) is 0.964. The molecule has 2 aliphatic carbocycles. The zero-order valence-corrected chi connectivity index (χ0v) is 18.6. The van der Waals surface area contributed by atoms with E-state index in [1.165, 1.54) is 18.3 Å². The van der Waals surface area contributed by atoms with E-state index in [9.17, 15) is 29.4 Å². The van der Waals surface area contributed by atoms with Crippen molar-refractivity contribution in [1.29, 1.82) is 0 Å². The minimum Gasteiger partial charge on any atom is -0.508 e. The van der Waals surface area contributed by atoms with Crippen molar-refractivity contribution in [2.24, 2.45) is 29.6 Å². The fourth-order valence-corrected chi connectivity index (χ4v) is 9.48. The molecule has 1 aromatic carbocycles. The predicted molar refractivity (Wildman–Crippen MR) is 116 cm³/mol. The van der Waals surface area contributed by atoms with Crippen LogP contribution in [-0.4, -0.2) is 49.2 Å². The lowest BCUT2D eigenvalue weighted by atomic mass is 9.68. The molecule has 2 amide bonds. The zero-order chi connectivity index (χ0) is 22.5. The lowest BCUT2D eigenvalue weighted by Crippen LogP contribution is -2.44. The van der Waals surface area contributed by atoms with Gasteiger partial charge in [0.15, 0.2) is 0 Å². The number of fused-ring (bicyclic) bond motifs is 9. The van der Waals surface area contributed by atoms with Crippen molar-refractivity contribution in [1.82, 2.24) is 9.88 Å². The van der Waals surface area contributed by atoms with Crippen molar-refractivity contribution < 1.29 is 24.6 Å². The smallest absolute Gasteiger partial charge is 0.326 e. The number of aromatic hydroxyl groups is 1. The number of amides is 2. The van der Waals surface area contributed by atoms with E-state index in [0.717, 1.165) is 26.8 Å². The molecule has 2 saturated carbocycles. The van der Waals surface area contributed by atoms with Crippen LogP contribution in [0, 0.1) is 29.6 Å². The Morgan fingerprint density at radius 2 is 1.78 bits per heavy atom. The van der Waals surface area contributed by atoms with E-state index in [2.05, 4.69) is 4.98 Å². The van der Waals surface area contributed by atoms with Gasteiger partial charge in [0, 0.05) is 16.0 Å². The number of thioether (sulfide) groups is 1. The van der Waals surface area contributed by atoms with Crippen molar-refractivity contribution >= 4 is 40.9 Å². The lowest BCUT2D eigenvalue weighted by Gasteiger charge is -2.43. The minimum absolute atomic E-state index is 0.0430. The maximum Gasteiger partial charge on any atom is 0.326 e. The zero-order valence-electron chi connectivity index (χ0n) is 16.9. The number of aromatic nitrogens is 1. The molecule has 4 aliphatic rings. The molecule has 166 valence electrons. The standard InChI is InChI=1S/C22H20N2O6S2/c1-7(21(28)29)24-19(26)14-10-6-11(15(14)20(24)27)16-13(10)12(8-2-4-9(25)5-3-8)17-18(31-16)23-22(30)32-17/h2-5,7,10-16,25H,6H2,1H3,(H,23,30)(H,28,29). The molecular formula is C22H20N2O6S2. The van der Waals surface area contributed by atoms with Gasteiger partial charge in [0.2, 0.25) is 11.8 Å². The normalized spacial score (nSPS) is 35.5. The number of nitrogens with one attached hydrogen (secondary N) is 1. The highest BCUT2D eigenvalue weighted by Gasteiger charge is 2.70. The van der Waals surface area contributed by atoms with Crippen molar-refractivity contribution in [3.8, 4) is 5.75 Å². The van der Waals surface area contributed by atoms with E-state index in [4.69, 9.17) is 0 Å². The summed E-state index contributed by atoms with van der Waals surface area (Å²) in [5, 5.41) is 20.1. The number of H-pyrrole nitrogens is 1. The molecule has 3 heterocycles. The molecule has 0 radical (unpaired) electrons. The number of aliphatic carboxylic acids is 1. The molecule has 1 saturated heterocycles. The quantitative estimate of drug-likeness (QED) is 0.584. The third-order valence-corrected chi connectivity index (χ3v) is 10.3. The second-order valence-corrected chi connectivity index (χ2v) is 11.3. The number of carboxylic acids is 1. The molecule has 3 fully saturated rings. The highest BCUT2D eigenvalue weighted by Crippen LogP contribution is 2.68. The number of likely N-dealkylation sites (tertiary alicyclic amines) is 1. The first kappa shape index (κ1) is 20.0. The second kappa shape index (κ2) is 6.71. The van der Waals surface area contributed by atoms with Gasteiger partial charge in [-0.1, -0.05) is 23.5 Å². The van der Waals surface area contributed by atoms with E-state index in [-0.39, 0.29) is 51.4 Å². The number of imide groups is 1. The van der Waals surface area contributed by atoms with Crippen LogP contribution in [0.1, 0.15) is 29.7 Å². The van der Waals surface area contributed by atoms with Crippen molar-refractivity contribution in [3.05, 3.63) is 44.4 Å². The fraction of sp³-hybridized carbons (Fsp3) is 0.455. The number of carbonyl (C=O) groups excluding carboxylic acids is 2. The molecule has 2 aliphatic heterocycles. The summed E-state index contributed by atoms with van der Waals surface area (Å²) in [6.07, 6.45) is 0.748. The first-order chi connectivity index (χ1) is 15.3. The van der Waals surface area contributed by atoms with Crippen LogP contribution in [0.3, 0.4) is 0 Å². The van der Waals surface area contributed by atoms with Crippen LogP contribution in [-0.2, 0) is 14.4 Å². The van der Waals surface area contributed by atoms with E-state index in [1.54, 1.807) is 23.9 Å². The summed E-state index contributed by atoms with van der Waals surface area (Å²) in [5.74, 6) is -2.95. The molecule has 8 atom stereocenters. The number of nitrogens with zero attached hydrogens (tertiary/aromatic N) is 1. The van der Waals surface area contributed by atoms with Gasteiger partial charge in [-0.3, -0.25) is 19.3 Å². The maximum atomic E-state index is 13.3. The van der Waals surface area contributed by atoms with Crippen LogP contribution in [0.5, 0.6) is 5.75 Å². The summed E-state index contributed by atoms with van der Waals surface area (Å²) in [6.45, 7) is 1.38. The fourth-order valence-electron chi connectivity index (χ4n) is 6.59. The monoisotopic (exact) mass is 472 g/mol. The van der Waals surface area contributed by atoms with Crippen LogP contribution in [0.25, 0.3) is 0 Å². The number of carbonyl (C=O) groups is 3. The number of phenolic OH excluding ortho intramolecular Hbond substituents is 1. The topological polar surface area (TPSA) is 128 Å². The first-order valence-electron chi connectivity index (χ1n) is 10.6. The van der Waals surface area contributed by atoms with Crippen LogP contribution in [0.15, 0.2) is 34.1 Å². The van der Waals surface area contributed by atoms with Crippen molar-refractivity contribution in [3.63, 3.8) is 0 Å². The second-order valence-electron chi connectivity index (χ2n) is 9.11. The Bertz CT molecular complexity index is 1220. The van der Waals surface area contributed by atoms with Crippen molar-refractivity contribution in [2.75, 3.05) is 0 Å². The predicted octanol–water partition coefficient (Wildman–Crippen LogP) is 2.09. The van der Waals surface area contributed by atoms with Gasteiger partial charge in [-0.05, 0) is 48.8 Å². The van der Waals surface area contributed by atoms with Gasteiger partial charge in [0.05, 0.1) is 16.9 Å². The molecule has 6 rings (SSSR count). The molecule has 3 N–H and O–H groups in total. The summed E-state index contributed by atoms with van der Waals surface area (Å²) >= 11 is 2.76. The largest absolute Gasteiger partial charge is 0.508 e. The van der Waals surface area contributed by atoms with Crippen LogP contribution < -0.4 is 4.87 Å². The Hall–Kier alpha value is -2.59. The molecule has 0 spiro atoms. The lowest BCUT2D eigenvalue weighted by molar-refractivity contribution is -0.154.